The van der Waals surface area contributed by atoms with Crippen molar-refractivity contribution in [3.63, 3.8) is 0 Å². The van der Waals surface area contributed by atoms with Crippen molar-refractivity contribution in [1.29, 1.82) is 0 Å². The Kier molecular flexibility index (Phi) is 8.14. The average molecular weight is 645 g/mol. The van der Waals surface area contributed by atoms with Gasteiger partial charge in [0, 0.05) is 39.5 Å². The maximum absolute atomic E-state index is 2.40. The Morgan fingerprint density at radius 3 is 1.46 bits per heavy atom. The molecule has 50 heavy (non-hydrogen) atoms. The average Bonchev–Trinajstić information content (AvgIpc) is 3.39. The highest BCUT2D eigenvalue weighted by molar-refractivity contribution is 5.86. The van der Waals surface area contributed by atoms with E-state index in [1.54, 1.807) is 0 Å². The minimum absolute atomic E-state index is 0.0619. The van der Waals surface area contributed by atoms with Crippen LogP contribution in [0.3, 0.4) is 0 Å². The third-order valence-corrected chi connectivity index (χ3v) is 9.98. The van der Waals surface area contributed by atoms with Gasteiger partial charge in [-0.1, -0.05) is 135 Å². The molecule has 7 aromatic rings. The van der Waals surface area contributed by atoms with Crippen LogP contribution >= 0.6 is 0 Å². The number of hydrogen-bond acceptors (Lipinski definition) is 2. The number of hydrogen-bond donors (Lipinski definition) is 0. The quantitative estimate of drug-likeness (QED) is 0.152. The summed E-state index contributed by atoms with van der Waals surface area (Å²) in [4.78, 5) is 4.68. The molecule has 0 radical (unpaired) electrons. The summed E-state index contributed by atoms with van der Waals surface area (Å²) >= 11 is 0. The van der Waals surface area contributed by atoms with Crippen LogP contribution in [-0.4, -0.2) is 0 Å². The highest BCUT2D eigenvalue weighted by atomic mass is 15.1. The largest absolute Gasteiger partial charge is 0.311 e. The molecule has 0 saturated heterocycles. The van der Waals surface area contributed by atoms with Gasteiger partial charge in [-0.15, -0.1) is 0 Å². The maximum atomic E-state index is 2.40. The van der Waals surface area contributed by atoms with E-state index in [1.807, 2.05) is 0 Å². The molecule has 0 bridgehead atoms. The second-order valence-corrected chi connectivity index (χ2v) is 13.5. The molecule has 7 aromatic carbocycles. The fourth-order valence-corrected chi connectivity index (χ4v) is 7.34. The van der Waals surface area contributed by atoms with E-state index in [9.17, 15) is 0 Å². The van der Waals surface area contributed by atoms with E-state index in [-0.39, 0.29) is 5.41 Å². The standard InChI is InChI=1S/C48H40N2/c1-35-14-10-13-21-47(35)50(42-32-33-44-43-19-11-12-20-45(43)48(2,3)46(44)34-42)41-30-26-37(27-31-41)23-22-36-24-28-40(29-25-36)49(38-15-6-4-7-16-38)39-17-8-5-9-18-39/h4-34H,1-3H3/b23-22+. The first-order valence-corrected chi connectivity index (χ1v) is 17.4. The highest BCUT2D eigenvalue weighted by Gasteiger charge is 2.35. The molecule has 1 aliphatic carbocycles. The third kappa shape index (κ3) is 5.80. The Morgan fingerprint density at radius 2 is 0.860 bits per heavy atom. The van der Waals surface area contributed by atoms with Crippen molar-refractivity contribution in [3.8, 4) is 11.1 Å². The molecule has 0 unspecified atom stereocenters. The van der Waals surface area contributed by atoms with Gasteiger partial charge in [0.1, 0.15) is 0 Å². The Morgan fingerprint density at radius 1 is 0.400 bits per heavy atom. The Labute approximate surface area is 296 Å². The van der Waals surface area contributed by atoms with Gasteiger partial charge in [0.25, 0.3) is 0 Å². The molecular weight excluding hydrogens is 605 g/mol. The lowest BCUT2D eigenvalue weighted by Gasteiger charge is -2.29. The van der Waals surface area contributed by atoms with Crippen molar-refractivity contribution in [1.82, 2.24) is 0 Å². The molecule has 2 heteroatoms. The summed E-state index contributed by atoms with van der Waals surface area (Å²) in [6.07, 6.45) is 4.38. The molecule has 2 nitrogen and oxygen atoms in total. The van der Waals surface area contributed by atoms with Crippen molar-refractivity contribution >= 4 is 46.3 Å². The van der Waals surface area contributed by atoms with Gasteiger partial charge in [0.05, 0.1) is 0 Å². The van der Waals surface area contributed by atoms with Gasteiger partial charge in [-0.3, -0.25) is 0 Å². The fraction of sp³-hybridized carbons (Fsp3) is 0.0833. The number of para-hydroxylation sites is 3. The van der Waals surface area contributed by atoms with Crippen molar-refractivity contribution < 1.29 is 0 Å². The molecule has 1 aliphatic rings. The summed E-state index contributed by atoms with van der Waals surface area (Å²) in [5.41, 5.74) is 15.8. The van der Waals surface area contributed by atoms with Crippen LogP contribution in [0.5, 0.6) is 0 Å². The van der Waals surface area contributed by atoms with Gasteiger partial charge >= 0.3 is 0 Å². The van der Waals surface area contributed by atoms with E-state index in [2.05, 4.69) is 219 Å². The summed E-state index contributed by atoms with van der Waals surface area (Å²) in [6.45, 7) is 6.88. The van der Waals surface area contributed by atoms with Crippen LogP contribution < -0.4 is 9.80 Å². The first kappa shape index (κ1) is 31.2. The number of rotatable bonds is 8. The molecule has 0 saturated carbocycles. The third-order valence-electron chi connectivity index (χ3n) is 9.98. The van der Waals surface area contributed by atoms with Crippen molar-refractivity contribution in [2.75, 3.05) is 9.80 Å². The van der Waals surface area contributed by atoms with Crippen molar-refractivity contribution in [3.05, 3.63) is 204 Å². The number of fused-ring (bicyclic) bond motifs is 3. The summed E-state index contributed by atoms with van der Waals surface area (Å²) in [6, 6.07) is 63.2. The molecular formula is C48H40N2. The lowest BCUT2D eigenvalue weighted by atomic mass is 9.82. The summed E-state index contributed by atoms with van der Waals surface area (Å²) in [5.74, 6) is 0. The minimum Gasteiger partial charge on any atom is -0.311 e. The monoisotopic (exact) mass is 644 g/mol. The maximum Gasteiger partial charge on any atom is 0.0490 e. The number of aryl methyl sites for hydroxylation is 1. The molecule has 0 amide bonds. The first-order chi connectivity index (χ1) is 24.5. The molecule has 0 spiro atoms. The van der Waals surface area contributed by atoms with Gasteiger partial charge in [0.2, 0.25) is 0 Å². The van der Waals surface area contributed by atoms with E-state index >= 15 is 0 Å². The van der Waals surface area contributed by atoms with E-state index in [1.165, 1.54) is 39.2 Å². The van der Waals surface area contributed by atoms with Crippen LogP contribution in [0.2, 0.25) is 0 Å². The van der Waals surface area contributed by atoms with Crippen molar-refractivity contribution in [2.24, 2.45) is 0 Å². The lowest BCUT2D eigenvalue weighted by molar-refractivity contribution is 0.660. The molecule has 8 rings (SSSR count). The van der Waals surface area contributed by atoms with Gasteiger partial charge in [-0.2, -0.15) is 0 Å². The molecule has 0 N–H and O–H groups in total. The molecule has 0 aliphatic heterocycles. The van der Waals surface area contributed by atoms with Gasteiger partial charge in [0.15, 0.2) is 0 Å². The predicted molar refractivity (Wildman–Crippen MR) is 213 cm³/mol. The SMILES string of the molecule is Cc1ccccc1N(c1ccc(/C=C/c2ccc(N(c3ccccc3)c3ccccc3)cc2)cc1)c1ccc2c(c1)C(C)(C)c1ccccc1-2. The Balaban J connectivity index is 1.08. The Hall–Kier alpha value is -6.12. The summed E-state index contributed by atoms with van der Waals surface area (Å²) in [7, 11) is 0. The van der Waals surface area contributed by atoms with Crippen LogP contribution in [0.15, 0.2) is 176 Å². The molecule has 0 fully saturated rings. The second-order valence-electron chi connectivity index (χ2n) is 13.5. The van der Waals surface area contributed by atoms with E-state index in [4.69, 9.17) is 0 Å². The predicted octanol–water partition coefficient (Wildman–Crippen LogP) is 13.4. The van der Waals surface area contributed by atoms with Crippen LogP contribution in [0.4, 0.5) is 34.1 Å². The first-order valence-electron chi connectivity index (χ1n) is 17.4. The van der Waals surface area contributed by atoms with Gasteiger partial charge < -0.3 is 9.80 Å². The van der Waals surface area contributed by atoms with Crippen LogP contribution in [0, 0.1) is 6.92 Å². The topological polar surface area (TPSA) is 6.48 Å². The smallest absolute Gasteiger partial charge is 0.0490 e. The highest BCUT2D eigenvalue weighted by Crippen LogP contribution is 2.50. The van der Waals surface area contributed by atoms with Gasteiger partial charge in [-0.25, -0.2) is 0 Å². The second kappa shape index (κ2) is 13.1. The number of benzene rings is 7. The number of nitrogens with zero attached hydrogens (tertiary/aromatic N) is 2. The van der Waals surface area contributed by atoms with E-state index in [0.717, 1.165) is 33.9 Å². The normalized spacial score (nSPS) is 12.8. The van der Waals surface area contributed by atoms with E-state index < -0.39 is 0 Å². The van der Waals surface area contributed by atoms with Crippen LogP contribution in [0.1, 0.15) is 41.7 Å². The fourth-order valence-electron chi connectivity index (χ4n) is 7.34. The van der Waals surface area contributed by atoms with Crippen LogP contribution in [0.25, 0.3) is 23.3 Å². The van der Waals surface area contributed by atoms with Crippen molar-refractivity contribution in [2.45, 2.75) is 26.2 Å². The lowest BCUT2D eigenvalue weighted by Crippen LogP contribution is -2.16. The summed E-state index contributed by atoms with van der Waals surface area (Å²) in [5, 5.41) is 0. The zero-order valence-corrected chi connectivity index (χ0v) is 28.8. The zero-order chi connectivity index (χ0) is 34.1. The number of anilines is 6. The molecule has 0 heterocycles. The minimum atomic E-state index is -0.0619. The zero-order valence-electron chi connectivity index (χ0n) is 28.8. The molecule has 0 atom stereocenters. The van der Waals surface area contributed by atoms with Crippen LogP contribution in [-0.2, 0) is 5.41 Å². The van der Waals surface area contributed by atoms with Gasteiger partial charge in [-0.05, 0) is 113 Å². The van der Waals surface area contributed by atoms with E-state index in [0.29, 0.717) is 0 Å². The Bertz CT molecular complexity index is 2240. The molecule has 242 valence electrons. The molecule has 0 aromatic heterocycles. The summed E-state index contributed by atoms with van der Waals surface area (Å²) < 4.78 is 0.